The lowest BCUT2D eigenvalue weighted by Crippen LogP contribution is -2.53. The van der Waals surface area contributed by atoms with E-state index in [9.17, 15) is 9.18 Å². The topological polar surface area (TPSA) is 53.6 Å². The highest BCUT2D eigenvalue weighted by molar-refractivity contribution is 5.91. The number of nitrogens with one attached hydrogen (secondary N) is 2. The molecule has 1 amide bonds. The van der Waals surface area contributed by atoms with E-state index in [1.165, 1.54) is 0 Å². The first-order chi connectivity index (χ1) is 12.7. The van der Waals surface area contributed by atoms with E-state index < -0.39 is 0 Å². The van der Waals surface area contributed by atoms with Crippen molar-refractivity contribution in [2.45, 2.75) is 50.6 Å². The van der Waals surface area contributed by atoms with Crippen molar-refractivity contribution in [3.05, 3.63) is 29.1 Å². The quantitative estimate of drug-likeness (QED) is 0.865. The average molecular weight is 361 g/mol. The number of carbonyl (C=O) groups excluding carboxylic acids is 1. The predicted molar refractivity (Wildman–Crippen MR) is 98.6 cm³/mol. The van der Waals surface area contributed by atoms with E-state index in [1.807, 2.05) is 6.07 Å². The second kappa shape index (κ2) is 7.62. The largest absolute Gasteiger partial charge is 0.379 e. The fourth-order valence-corrected chi connectivity index (χ4v) is 4.80. The number of hydrogen-bond donors (Lipinski definition) is 2. The summed E-state index contributed by atoms with van der Waals surface area (Å²) in [5.41, 5.74) is 1.98. The molecule has 2 fully saturated rings. The van der Waals surface area contributed by atoms with Crippen molar-refractivity contribution >= 4 is 11.6 Å². The molecular weight excluding hydrogens is 333 g/mol. The van der Waals surface area contributed by atoms with Gasteiger partial charge in [0.1, 0.15) is 5.82 Å². The third-order valence-corrected chi connectivity index (χ3v) is 6.19. The Hall–Kier alpha value is -1.50. The summed E-state index contributed by atoms with van der Waals surface area (Å²) < 4.78 is 20.3. The lowest BCUT2D eigenvalue weighted by atomic mass is 9.89. The molecule has 2 N–H and O–H groups in total. The molecular formula is C20H28FN3O2. The van der Waals surface area contributed by atoms with Crippen molar-refractivity contribution in [1.29, 1.82) is 0 Å². The van der Waals surface area contributed by atoms with Crippen molar-refractivity contribution in [2.24, 2.45) is 0 Å². The van der Waals surface area contributed by atoms with E-state index in [4.69, 9.17) is 4.74 Å². The molecule has 1 saturated heterocycles. The number of carbonyl (C=O) groups is 1. The van der Waals surface area contributed by atoms with Crippen LogP contribution >= 0.6 is 0 Å². The molecule has 0 unspecified atom stereocenters. The molecule has 3 aliphatic rings. The predicted octanol–water partition coefficient (Wildman–Crippen LogP) is 2.44. The number of nitrogens with zero attached hydrogens (tertiary/aromatic N) is 1. The Labute approximate surface area is 154 Å². The van der Waals surface area contributed by atoms with Crippen LogP contribution in [-0.4, -0.2) is 49.2 Å². The summed E-state index contributed by atoms with van der Waals surface area (Å²) in [6.45, 7) is 4.71. The van der Waals surface area contributed by atoms with Gasteiger partial charge in [0.2, 0.25) is 5.91 Å². The number of halogens is 1. The van der Waals surface area contributed by atoms with Crippen LogP contribution in [0.5, 0.6) is 0 Å². The fraction of sp³-hybridized carbons (Fsp3) is 0.650. The number of anilines is 1. The molecule has 26 heavy (non-hydrogen) atoms. The fourth-order valence-electron chi connectivity index (χ4n) is 4.80. The second-order valence-corrected chi connectivity index (χ2v) is 7.75. The Balaban J connectivity index is 1.47. The summed E-state index contributed by atoms with van der Waals surface area (Å²) >= 11 is 0. The molecule has 6 heteroatoms. The average Bonchev–Trinajstić information content (AvgIpc) is 3.14. The molecule has 2 aliphatic heterocycles. The van der Waals surface area contributed by atoms with Crippen LogP contribution in [0, 0.1) is 5.82 Å². The summed E-state index contributed by atoms with van der Waals surface area (Å²) in [6.07, 6.45) is 5.50. The van der Waals surface area contributed by atoms with E-state index in [0.29, 0.717) is 25.1 Å². The zero-order chi connectivity index (χ0) is 18.0. The standard InChI is InChI=1S/C20H28FN3O2/c21-19-16-5-8-22-14-15(16)3-4-17(19)23-18(25)13-20(6-1-2-7-20)24-9-11-26-12-10-24/h3-4,22H,1-2,5-14H2,(H,23,25). The van der Waals surface area contributed by atoms with Crippen molar-refractivity contribution in [2.75, 3.05) is 38.2 Å². The van der Waals surface area contributed by atoms with Gasteiger partial charge < -0.3 is 15.4 Å². The van der Waals surface area contributed by atoms with Gasteiger partial charge in [-0.15, -0.1) is 0 Å². The zero-order valence-electron chi connectivity index (χ0n) is 15.3. The van der Waals surface area contributed by atoms with Gasteiger partial charge >= 0.3 is 0 Å². The van der Waals surface area contributed by atoms with E-state index >= 15 is 0 Å². The summed E-state index contributed by atoms with van der Waals surface area (Å²) in [4.78, 5) is 15.2. The molecule has 2 heterocycles. The number of hydrogen-bond acceptors (Lipinski definition) is 4. The second-order valence-electron chi connectivity index (χ2n) is 7.75. The monoisotopic (exact) mass is 361 g/mol. The van der Waals surface area contributed by atoms with Crippen molar-refractivity contribution in [3.63, 3.8) is 0 Å². The Morgan fingerprint density at radius 1 is 1.27 bits per heavy atom. The third-order valence-electron chi connectivity index (χ3n) is 6.19. The van der Waals surface area contributed by atoms with Crippen LogP contribution in [0.4, 0.5) is 10.1 Å². The molecule has 1 aromatic rings. The van der Waals surface area contributed by atoms with Gasteiger partial charge in [0.05, 0.1) is 18.9 Å². The molecule has 4 rings (SSSR count). The van der Waals surface area contributed by atoms with Crippen molar-refractivity contribution < 1.29 is 13.9 Å². The van der Waals surface area contributed by atoms with Gasteiger partial charge in [-0.3, -0.25) is 9.69 Å². The number of morpholine rings is 1. The van der Waals surface area contributed by atoms with Crippen LogP contribution in [0.15, 0.2) is 12.1 Å². The SMILES string of the molecule is O=C(CC1(N2CCOCC2)CCCC1)Nc1ccc2c(c1F)CCNC2. The third kappa shape index (κ3) is 3.50. The van der Waals surface area contributed by atoms with E-state index in [1.54, 1.807) is 6.07 Å². The van der Waals surface area contributed by atoms with E-state index in [2.05, 4.69) is 15.5 Å². The number of benzene rings is 1. The van der Waals surface area contributed by atoms with Gasteiger partial charge in [-0.05, 0) is 43.0 Å². The molecule has 1 aromatic carbocycles. The van der Waals surface area contributed by atoms with Gasteiger partial charge in [-0.25, -0.2) is 4.39 Å². The van der Waals surface area contributed by atoms with Gasteiger partial charge in [-0.2, -0.15) is 0 Å². The van der Waals surface area contributed by atoms with Crippen LogP contribution in [0.2, 0.25) is 0 Å². The van der Waals surface area contributed by atoms with Gasteiger partial charge in [0, 0.05) is 31.6 Å². The van der Waals surface area contributed by atoms with Gasteiger partial charge in [-0.1, -0.05) is 18.9 Å². The van der Waals surface area contributed by atoms with Gasteiger partial charge in [0.15, 0.2) is 0 Å². The smallest absolute Gasteiger partial charge is 0.226 e. The summed E-state index contributed by atoms with van der Waals surface area (Å²) in [5.74, 6) is -0.338. The number of fused-ring (bicyclic) bond motifs is 1. The first-order valence-electron chi connectivity index (χ1n) is 9.82. The summed E-state index contributed by atoms with van der Waals surface area (Å²) in [7, 11) is 0. The summed E-state index contributed by atoms with van der Waals surface area (Å²) in [6, 6.07) is 3.63. The van der Waals surface area contributed by atoms with Crippen molar-refractivity contribution in [1.82, 2.24) is 10.2 Å². The van der Waals surface area contributed by atoms with E-state index in [0.717, 1.165) is 69.7 Å². The highest BCUT2D eigenvalue weighted by Gasteiger charge is 2.41. The minimum absolute atomic E-state index is 0.0776. The minimum atomic E-state index is -0.260. The molecule has 142 valence electrons. The highest BCUT2D eigenvalue weighted by atomic mass is 19.1. The maximum absolute atomic E-state index is 14.8. The Morgan fingerprint density at radius 3 is 2.81 bits per heavy atom. The molecule has 0 bridgehead atoms. The molecule has 0 atom stereocenters. The van der Waals surface area contributed by atoms with Crippen LogP contribution in [0.25, 0.3) is 0 Å². The number of rotatable bonds is 4. The maximum atomic E-state index is 14.8. The van der Waals surface area contributed by atoms with Crippen molar-refractivity contribution in [3.8, 4) is 0 Å². The van der Waals surface area contributed by atoms with Crippen LogP contribution in [-0.2, 0) is 22.5 Å². The van der Waals surface area contributed by atoms with Crippen LogP contribution in [0.3, 0.4) is 0 Å². The van der Waals surface area contributed by atoms with Crippen LogP contribution in [0.1, 0.15) is 43.2 Å². The number of ether oxygens (including phenoxy) is 1. The minimum Gasteiger partial charge on any atom is -0.379 e. The van der Waals surface area contributed by atoms with Crippen LogP contribution < -0.4 is 10.6 Å². The Bertz CT molecular complexity index is 667. The molecule has 0 spiro atoms. The Kier molecular flexibility index (Phi) is 5.25. The van der Waals surface area contributed by atoms with E-state index in [-0.39, 0.29) is 17.3 Å². The first-order valence-corrected chi connectivity index (χ1v) is 9.82. The lowest BCUT2D eigenvalue weighted by molar-refractivity contribution is -0.120. The molecule has 0 radical (unpaired) electrons. The Morgan fingerprint density at radius 2 is 2.04 bits per heavy atom. The molecule has 0 aromatic heterocycles. The van der Waals surface area contributed by atoms with Gasteiger partial charge in [0.25, 0.3) is 0 Å². The zero-order valence-corrected chi connectivity index (χ0v) is 15.3. The summed E-state index contributed by atoms with van der Waals surface area (Å²) in [5, 5.41) is 6.11. The first kappa shape index (κ1) is 17.9. The number of amides is 1. The maximum Gasteiger partial charge on any atom is 0.226 e. The lowest BCUT2D eigenvalue weighted by Gasteiger charge is -2.43. The molecule has 1 saturated carbocycles. The molecule has 5 nitrogen and oxygen atoms in total. The molecule has 1 aliphatic carbocycles. The highest BCUT2D eigenvalue weighted by Crippen LogP contribution is 2.39. The normalized spacial score (nSPS) is 22.8.